The van der Waals surface area contributed by atoms with Gasteiger partial charge in [-0.2, -0.15) is 4.31 Å². The molecule has 0 bridgehead atoms. The van der Waals surface area contributed by atoms with Gasteiger partial charge in [0, 0.05) is 30.2 Å². The number of unbranched alkanes of at least 4 members (excludes halogenated alkanes) is 1. The van der Waals surface area contributed by atoms with Crippen LogP contribution in [0.4, 0.5) is 0 Å². The second kappa shape index (κ2) is 11.1. The van der Waals surface area contributed by atoms with Crippen molar-refractivity contribution in [2.24, 2.45) is 0 Å². The predicted octanol–water partition coefficient (Wildman–Crippen LogP) is 3.73. The molecule has 0 saturated carbocycles. The minimum Gasteiger partial charge on any atom is -0.494 e. The average molecular weight is 481 g/mol. The number of nitrogens with one attached hydrogen (secondary N) is 1. The van der Waals surface area contributed by atoms with Crippen molar-refractivity contribution in [3.63, 3.8) is 0 Å². The molecular weight excluding hydrogens is 452 g/mol. The number of nitrogens with zero attached hydrogens (tertiary/aromatic N) is 1. The van der Waals surface area contributed by atoms with Crippen LogP contribution in [0, 0.1) is 0 Å². The fraction of sp³-hybridized carbons (Fsp3) is 0.435. The average Bonchev–Trinajstić information content (AvgIpc) is 2.76. The molecule has 1 fully saturated rings. The lowest BCUT2D eigenvalue weighted by Gasteiger charge is -2.34. The van der Waals surface area contributed by atoms with Crippen molar-refractivity contribution in [3.8, 4) is 5.75 Å². The van der Waals surface area contributed by atoms with E-state index in [-0.39, 0.29) is 23.0 Å². The van der Waals surface area contributed by atoms with Crippen molar-refractivity contribution < 1.29 is 22.7 Å². The van der Waals surface area contributed by atoms with Gasteiger partial charge in [0.05, 0.1) is 23.7 Å². The van der Waals surface area contributed by atoms with Gasteiger partial charge < -0.3 is 14.8 Å². The fourth-order valence-corrected chi connectivity index (χ4v) is 5.29. The maximum Gasteiger partial charge on any atom is 0.251 e. The minimum absolute atomic E-state index is 0.114. The van der Waals surface area contributed by atoms with Crippen molar-refractivity contribution in [3.05, 3.63) is 59.1 Å². The first-order valence-corrected chi connectivity index (χ1v) is 12.5. The summed E-state index contributed by atoms with van der Waals surface area (Å²) in [5, 5.41) is 3.50. The lowest BCUT2D eigenvalue weighted by molar-refractivity contribution is -0.0440. The van der Waals surface area contributed by atoms with Gasteiger partial charge in [-0.1, -0.05) is 17.7 Å². The molecule has 0 unspecified atom stereocenters. The zero-order chi connectivity index (χ0) is 23.1. The molecule has 7 nitrogen and oxygen atoms in total. The summed E-state index contributed by atoms with van der Waals surface area (Å²) < 4.78 is 38.8. The number of benzene rings is 2. The van der Waals surface area contributed by atoms with E-state index >= 15 is 0 Å². The van der Waals surface area contributed by atoms with E-state index in [1.807, 2.05) is 26.0 Å². The molecule has 0 aromatic heterocycles. The van der Waals surface area contributed by atoms with Crippen LogP contribution >= 0.6 is 11.6 Å². The van der Waals surface area contributed by atoms with Gasteiger partial charge in [-0.05, 0) is 69.2 Å². The molecule has 1 aliphatic heterocycles. The summed E-state index contributed by atoms with van der Waals surface area (Å²) in [5.41, 5.74) is 0.317. The molecule has 1 amide bonds. The Morgan fingerprint density at radius 3 is 2.50 bits per heavy atom. The van der Waals surface area contributed by atoms with E-state index in [1.54, 1.807) is 24.3 Å². The Hall–Kier alpha value is -2.13. The Labute approximate surface area is 194 Å². The van der Waals surface area contributed by atoms with Gasteiger partial charge in [0.2, 0.25) is 10.0 Å². The van der Waals surface area contributed by atoms with Crippen LogP contribution in [-0.4, -0.2) is 57.1 Å². The van der Waals surface area contributed by atoms with E-state index in [2.05, 4.69) is 5.32 Å². The van der Waals surface area contributed by atoms with Gasteiger partial charge in [0.25, 0.3) is 5.91 Å². The highest BCUT2D eigenvalue weighted by atomic mass is 35.5. The van der Waals surface area contributed by atoms with E-state index in [4.69, 9.17) is 21.1 Å². The van der Waals surface area contributed by atoms with Crippen LogP contribution in [-0.2, 0) is 14.8 Å². The molecular formula is C23H29ClN2O5S. The van der Waals surface area contributed by atoms with Crippen LogP contribution in [0.15, 0.2) is 53.4 Å². The molecule has 3 rings (SSSR count). The molecule has 2 aromatic carbocycles. The van der Waals surface area contributed by atoms with E-state index in [0.29, 0.717) is 36.8 Å². The van der Waals surface area contributed by atoms with E-state index in [9.17, 15) is 13.2 Å². The third kappa shape index (κ3) is 6.68. The summed E-state index contributed by atoms with van der Waals surface area (Å²) >= 11 is 5.84. The normalized spacial score (nSPS) is 19.5. The number of hydrogen-bond acceptors (Lipinski definition) is 5. The fourth-order valence-electron chi connectivity index (χ4n) is 3.53. The molecule has 0 radical (unpaired) electrons. The summed E-state index contributed by atoms with van der Waals surface area (Å²) in [6.45, 7) is 5.29. The summed E-state index contributed by atoms with van der Waals surface area (Å²) in [6.07, 6.45) is 1.15. The standard InChI is InChI=1S/C23H29ClN2O5S/c1-17-15-26(16-18(2)31-17)32(28,29)22-7-5-6-19(14-22)23(27)25-12-3-4-13-30-21-10-8-20(24)9-11-21/h5-11,14,17-18H,3-4,12-13,15-16H2,1-2H3,(H,25,27)/t17-,18-/m1/s1. The van der Waals surface area contributed by atoms with Crippen molar-refractivity contribution in [2.45, 2.75) is 43.8 Å². The van der Waals surface area contributed by atoms with Crippen molar-refractivity contribution in [1.29, 1.82) is 0 Å². The van der Waals surface area contributed by atoms with Gasteiger partial charge in [0.15, 0.2) is 0 Å². The number of ether oxygens (including phenoxy) is 2. The zero-order valence-corrected chi connectivity index (χ0v) is 19.9. The molecule has 0 spiro atoms. The monoisotopic (exact) mass is 480 g/mol. The number of rotatable bonds is 9. The lowest BCUT2D eigenvalue weighted by Crippen LogP contribution is -2.48. The topological polar surface area (TPSA) is 84.9 Å². The molecule has 174 valence electrons. The SMILES string of the molecule is C[C@@H]1CN(S(=O)(=O)c2cccc(C(=O)NCCCCOc3ccc(Cl)cc3)c2)C[C@@H](C)O1. The van der Waals surface area contributed by atoms with Gasteiger partial charge in [-0.3, -0.25) is 4.79 Å². The molecule has 32 heavy (non-hydrogen) atoms. The van der Waals surface area contributed by atoms with E-state index in [1.165, 1.54) is 16.4 Å². The second-order valence-electron chi connectivity index (χ2n) is 7.87. The largest absolute Gasteiger partial charge is 0.494 e. The van der Waals surface area contributed by atoms with Crippen LogP contribution in [0.1, 0.15) is 37.0 Å². The maximum atomic E-state index is 13.0. The third-order valence-corrected chi connectivity index (χ3v) is 7.14. The molecule has 9 heteroatoms. The van der Waals surface area contributed by atoms with E-state index < -0.39 is 10.0 Å². The molecule has 0 aliphatic carbocycles. The van der Waals surface area contributed by atoms with Gasteiger partial charge in [0.1, 0.15) is 5.75 Å². The first-order valence-electron chi connectivity index (χ1n) is 10.7. The molecule has 1 aliphatic rings. The Morgan fingerprint density at radius 2 is 1.81 bits per heavy atom. The third-order valence-electron chi connectivity index (χ3n) is 5.06. The number of carbonyl (C=O) groups is 1. The summed E-state index contributed by atoms with van der Waals surface area (Å²) in [5.74, 6) is 0.449. The quantitative estimate of drug-likeness (QED) is 0.553. The van der Waals surface area contributed by atoms with Gasteiger partial charge in [-0.25, -0.2) is 8.42 Å². The highest BCUT2D eigenvalue weighted by Crippen LogP contribution is 2.22. The Balaban J connectivity index is 1.48. The first kappa shape index (κ1) is 24.5. The number of carbonyl (C=O) groups excluding carboxylic acids is 1. The molecule has 2 atom stereocenters. The maximum absolute atomic E-state index is 13.0. The summed E-state index contributed by atoms with van der Waals surface area (Å²) in [6, 6.07) is 13.3. The first-order chi connectivity index (χ1) is 15.3. The number of hydrogen-bond donors (Lipinski definition) is 1. The van der Waals surface area contributed by atoms with Crippen molar-refractivity contribution in [1.82, 2.24) is 9.62 Å². The Bertz CT molecular complexity index is 1000. The molecule has 1 N–H and O–H groups in total. The van der Waals surface area contributed by atoms with Gasteiger partial charge in [-0.15, -0.1) is 0 Å². The highest BCUT2D eigenvalue weighted by molar-refractivity contribution is 7.89. The van der Waals surface area contributed by atoms with Crippen LogP contribution in [0.3, 0.4) is 0 Å². The molecule has 1 heterocycles. The number of halogens is 1. The van der Waals surface area contributed by atoms with Crippen molar-refractivity contribution >= 4 is 27.5 Å². The second-order valence-corrected chi connectivity index (χ2v) is 10.2. The Kier molecular flexibility index (Phi) is 8.53. The number of morpholine rings is 1. The zero-order valence-electron chi connectivity index (χ0n) is 18.3. The number of amides is 1. The Morgan fingerprint density at radius 1 is 1.12 bits per heavy atom. The summed E-state index contributed by atoms with van der Waals surface area (Å²) in [7, 11) is -3.70. The van der Waals surface area contributed by atoms with Crippen LogP contribution in [0.25, 0.3) is 0 Å². The number of sulfonamides is 1. The van der Waals surface area contributed by atoms with Crippen LogP contribution in [0.5, 0.6) is 5.75 Å². The van der Waals surface area contributed by atoms with Crippen LogP contribution in [0.2, 0.25) is 5.02 Å². The van der Waals surface area contributed by atoms with E-state index in [0.717, 1.165) is 18.6 Å². The smallest absolute Gasteiger partial charge is 0.251 e. The molecule has 2 aromatic rings. The van der Waals surface area contributed by atoms with Crippen LogP contribution < -0.4 is 10.1 Å². The molecule has 1 saturated heterocycles. The lowest BCUT2D eigenvalue weighted by atomic mass is 10.2. The van der Waals surface area contributed by atoms with Gasteiger partial charge >= 0.3 is 0 Å². The van der Waals surface area contributed by atoms with Crippen molar-refractivity contribution in [2.75, 3.05) is 26.2 Å². The summed E-state index contributed by atoms with van der Waals surface area (Å²) in [4.78, 5) is 12.6. The predicted molar refractivity (Wildman–Crippen MR) is 124 cm³/mol. The minimum atomic E-state index is -3.70. The highest BCUT2D eigenvalue weighted by Gasteiger charge is 2.32.